The zero-order chi connectivity index (χ0) is 35.3. The first kappa shape index (κ1) is 34.8. The monoisotopic (exact) mass is 684 g/mol. The van der Waals surface area contributed by atoms with Crippen LogP contribution in [0.5, 0.6) is 0 Å². The van der Waals surface area contributed by atoms with Crippen molar-refractivity contribution >= 4 is 27.1 Å². The number of aryl methyl sites for hydroxylation is 4. The van der Waals surface area contributed by atoms with Gasteiger partial charge in [-0.25, -0.2) is 22.7 Å². The second-order valence-electron chi connectivity index (χ2n) is 12.9. The number of carbonyl (C=O) groups is 1. The van der Waals surface area contributed by atoms with Crippen LogP contribution < -0.4 is 0 Å². The Bertz CT molecular complexity index is 2210. The second kappa shape index (κ2) is 15.2. The molecule has 256 valence electrons. The van der Waals surface area contributed by atoms with Crippen LogP contribution in [0.1, 0.15) is 60.8 Å². The number of sulfonamides is 1. The normalized spacial score (nSPS) is 11.6. The highest BCUT2D eigenvalue weighted by molar-refractivity contribution is 7.89. The first-order valence-corrected chi connectivity index (χ1v) is 18.8. The number of imidazole rings is 1. The summed E-state index contributed by atoms with van der Waals surface area (Å²) in [5, 5.41) is 0. The van der Waals surface area contributed by atoms with Crippen molar-refractivity contribution in [2.24, 2.45) is 0 Å². The van der Waals surface area contributed by atoms with E-state index in [9.17, 15) is 13.2 Å². The van der Waals surface area contributed by atoms with E-state index in [1.807, 2.05) is 91.9 Å². The van der Waals surface area contributed by atoms with Crippen molar-refractivity contribution in [3.63, 3.8) is 0 Å². The number of benzene rings is 4. The Morgan fingerprint density at radius 3 is 2.12 bits per heavy atom. The van der Waals surface area contributed by atoms with E-state index in [4.69, 9.17) is 9.97 Å². The summed E-state index contributed by atoms with van der Waals surface area (Å²) >= 11 is 0. The number of hydrogen-bond acceptors (Lipinski definition) is 5. The third-order valence-corrected chi connectivity index (χ3v) is 11.1. The van der Waals surface area contributed by atoms with E-state index in [1.54, 1.807) is 6.07 Å². The van der Waals surface area contributed by atoms with Crippen molar-refractivity contribution in [2.45, 2.75) is 70.7 Å². The van der Waals surface area contributed by atoms with E-state index in [0.717, 1.165) is 80.5 Å². The molecule has 8 heteroatoms. The molecule has 0 atom stereocenters. The fraction of sp³-hybridized carbons (Fsp3) is 0.262. The number of aromatic nitrogens is 3. The predicted molar refractivity (Wildman–Crippen MR) is 201 cm³/mol. The van der Waals surface area contributed by atoms with Gasteiger partial charge >= 0.3 is 0 Å². The van der Waals surface area contributed by atoms with E-state index in [1.165, 1.54) is 12.6 Å². The van der Waals surface area contributed by atoms with Crippen LogP contribution in [0, 0.1) is 13.8 Å². The Morgan fingerprint density at radius 2 is 1.42 bits per heavy atom. The van der Waals surface area contributed by atoms with Crippen molar-refractivity contribution in [3.05, 3.63) is 137 Å². The molecule has 0 aliphatic rings. The summed E-state index contributed by atoms with van der Waals surface area (Å²) in [5.41, 5.74) is 9.34. The molecule has 0 radical (unpaired) electrons. The highest BCUT2D eigenvalue weighted by Crippen LogP contribution is 2.34. The standard InChI is InChI=1S/C42H44N4O3S/c1-5-39-44-41-30(2)27-31(3)43-42(41)46(39)29-33-21-23-35(24-22-33)37-28-36(34-18-12-8-13-19-34)25-26-38(37)50(48,49)45(4)40(47)20-14-7-11-17-32-15-9-6-10-16-32/h6,8-10,12-13,15-16,18-19,21-28H,5,7,11,14,17,20,29H2,1-4H3. The lowest BCUT2D eigenvalue weighted by atomic mass is 9.98. The fourth-order valence-electron chi connectivity index (χ4n) is 6.51. The minimum absolute atomic E-state index is 0.105. The largest absolute Gasteiger partial charge is 0.308 e. The molecule has 0 N–H and O–H groups in total. The first-order chi connectivity index (χ1) is 24.2. The van der Waals surface area contributed by atoms with Crippen LogP contribution in [0.2, 0.25) is 0 Å². The van der Waals surface area contributed by atoms with Crippen molar-refractivity contribution in [2.75, 3.05) is 7.05 Å². The van der Waals surface area contributed by atoms with Crippen LogP contribution >= 0.6 is 0 Å². The lowest BCUT2D eigenvalue weighted by molar-refractivity contribution is -0.125. The maximum absolute atomic E-state index is 14.1. The number of nitrogens with zero attached hydrogens (tertiary/aromatic N) is 4. The minimum Gasteiger partial charge on any atom is -0.308 e. The molecule has 1 amide bonds. The highest BCUT2D eigenvalue weighted by Gasteiger charge is 2.28. The van der Waals surface area contributed by atoms with Crippen LogP contribution in [0.15, 0.2) is 114 Å². The smallest absolute Gasteiger partial charge is 0.266 e. The summed E-state index contributed by atoms with van der Waals surface area (Å²) in [6, 6.07) is 35.5. The van der Waals surface area contributed by atoms with Crippen molar-refractivity contribution in [1.29, 1.82) is 0 Å². The van der Waals surface area contributed by atoms with Crippen molar-refractivity contribution < 1.29 is 13.2 Å². The van der Waals surface area contributed by atoms with Gasteiger partial charge in [0.25, 0.3) is 10.0 Å². The maximum Gasteiger partial charge on any atom is 0.266 e. The topological polar surface area (TPSA) is 85.2 Å². The molecular formula is C42H44N4O3S. The van der Waals surface area contributed by atoms with E-state index >= 15 is 0 Å². The van der Waals surface area contributed by atoms with E-state index in [2.05, 4.69) is 36.6 Å². The van der Waals surface area contributed by atoms with Crippen LogP contribution in [0.4, 0.5) is 0 Å². The van der Waals surface area contributed by atoms with Crippen molar-refractivity contribution in [1.82, 2.24) is 18.8 Å². The number of rotatable bonds is 13. The third-order valence-electron chi connectivity index (χ3n) is 9.30. The van der Waals surface area contributed by atoms with Crippen LogP contribution in [-0.2, 0) is 34.2 Å². The molecule has 4 aromatic carbocycles. The zero-order valence-electron chi connectivity index (χ0n) is 29.3. The van der Waals surface area contributed by atoms with E-state index in [-0.39, 0.29) is 11.3 Å². The molecule has 0 fully saturated rings. The van der Waals surface area contributed by atoms with Gasteiger partial charge in [-0.1, -0.05) is 104 Å². The van der Waals surface area contributed by atoms with E-state index < -0.39 is 15.9 Å². The number of hydrogen-bond donors (Lipinski definition) is 0. The van der Waals surface area contributed by atoms with Crippen LogP contribution in [0.25, 0.3) is 33.4 Å². The molecular weight excluding hydrogens is 641 g/mol. The number of unbranched alkanes of at least 4 members (excludes halogenated alkanes) is 2. The van der Waals surface area contributed by atoms with Crippen LogP contribution in [-0.4, -0.2) is 40.2 Å². The molecule has 0 unspecified atom stereocenters. The minimum atomic E-state index is -4.13. The molecule has 0 aliphatic heterocycles. The molecule has 0 spiro atoms. The fourth-order valence-corrected chi connectivity index (χ4v) is 7.86. The quantitative estimate of drug-likeness (QED) is 0.113. The van der Waals surface area contributed by atoms with E-state index in [0.29, 0.717) is 18.5 Å². The zero-order valence-corrected chi connectivity index (χ0v) is 30.1. The van der Waals surface area contributed by atoms with Crippen molar-refractivity contribution in [3.8, 4) is 22.3 Å². The molecule has 2 heterocycles. The Kier molecular flexibility index (Phi) is 10.6. The predicted octanol–water partition coefficient (Wildman–Crippen LogP) is 8.94. The molecule has 0 aliphatic carbocycles. The average Bonchev–Trinajstić information content (AvgIpc) is 3.49. The highest BCUT2D eigenvalue weighted by atomic mass is 32.2. The number of amides is 1. The van der Waals surface area contributed by atoms with Gasteiger partial charge in [0.05, 0.1) is 11.4 Å². The van der Waals surface area contributed by atoms with Gasteiger partial charge in [0.1, 0.15) is 11.3 Å². The molecule has 0 bridgehead atoms. The Morgan fingerprint density at radius 1 is 0.740 bits per heavy atom. The SMILES string of the molecule is CCc1nc2c(C)cc(C)nc2n1Cc1ccc(-c2cc(-c3ccccc3)ccc2S(=O)(=O)N(C)C(=O)CCCCCc2ccccc2)cc1. The molecule has 0 saturated heterocycles. The number of carbonyl (C=O) groups excluding carboxylic acids is 1. The average molecular weight is 685 g/mol. The van der Waals surface area contributed by atoms with Gasteiger partial charge in [0.15, 0.2) is 5.65 Å². The Labute approximate surface area is 295 Å². The Balaban J connectivity index is 1.26. The second-order valence-corrected chi connectivity index (χ2v) is 14.8. The third kappa shape index (κ3) is 7.55. The summed E-state index contributed by atoms with van der Waals surface area (Å²) in [4.78, 5) is 23.1. The van der Waals surface area contributed by atoms with Gasteiger partial charge in [-0.2, -0.15) is 0 Å². The molecule has 2 aromatic heterocycles. The summed E-state index contributed by atoms with van der Waals surface area (Å²) in [7, 11) is -2.76. The number of pyridine rings is 1. The summed E-state index contributed by atoms with van der Waals surface area (Å²) in [5.74, 6) is 0.564. The Hall–Kier alpha value is -5.08. The summed E-state index contributed by atoms with van der Waals surface area (Å²) < 4.78 is 31.3. The molecule has 50 heavy (non-hydrogen) atoms. The van der Waals surface area contributed by atoms with Gasteiger partial charge in [-0.15, -0.1) is 0 Å². The van der Waals surface area contributed by atoms with Gasteiger partial charge in [-0.3, -0.25) is 4.79 Å². The molecule has 6 rings (SSSR count). The summed E-state index contributed by atoms with van der Waals surface area (Å²) in [6.45, 7) is 6.75. The van der Waals surface area contributed by atoms with Crippen LogP contribution in [0.3, 0.4) is 0 Å². The molecule has 7 nitrogen and oxygen atoms in total. The van der Waals surface area contributed by atoms with Gasteiger partial charge in [0, 0.05) is 31.1 Å². The molecule has 6 aromatic rings. The van der Waals surface area contributed by atoms with Gasteiger partial charge in [0.2, 0.25) is 5.91 Å². The van der Waals surface area contributed by atoms with Gasteiger partial charge in [-0.05, 0) is 84.7 Å². The maximum atomic E-state index is 14.1. The first-order valence-electron chi connectivity index (χ1n) is 17.3. The summed E-state index contributed by atoms with van der Waals surface area (Å²) in [6.07, 6.45) is 4.32. The lowest BCUT2D eigenvalue weighted by Crippen LogP contribution is -2.33. The lowest BCUT2D eigenvalue weighted by Gasteiger charge is -2.21. The van der Waals surface area contributed by atoms with Gasteiger partial charge < -0.3 is 4.57 Å². The number of fused-ring (bicyclic) bond motifs is 1. The molecule has 0 saturated carbocycles.